The molecule has 8 heteroatoms. The van der Waals surface area contributed by atoms with E-state index >= 15 is 0 Å². The average molecular weight is 563 g/mol. The number of fused-ring (bicyclic) bond motifs is 5. The maximum absolute atomic E-state index is 12.8. The minimum atomic E-state index is -0.116. The third-order valence-corrected chi connectivity index (χ3v) is 7.45. The zero-order chi connectivity index (χ0) is 22.1. The predicted octanol–water partition coefficient (Wildman–Crippen LogP) is 2.49. The number of rotatable bonds is 7. The van der Waals surface area contributed by atoms with Crippen LogP contribution in [0.25, 0.3) is 0 Å². The molecule has 7 nitrogen and oxygen atoms in total. The van der Waals surface area contributed by atoms with E-state index in [1.54, 1.807) is 0 Å². The molecule has 1 saturated carbocycles. The summed E-state index contributed by atoms with van der Waals surface area (Å²) in [6.45, 7) is 6.58. The Hall–Kier alpha value is -2.10. The molecule has 1 aromatic rings. The van der Waals surface area contributed by atoms with Gasteiger partial charge < -0.3 is 15.5 Å². The first kappa shape index (κ1) is 24.0. The number of para-hydroxylation sites is 1. The number of imide groups is 1. The fraction of sp³-hybridized carbons (Fsp3) is 0.560. The highest BCUT2D eigenvalue weighted by Gasteiger charge is 2.58. The van der Waals surface area contributed by atoms with Crippen molar-refractivity contribution >= 4 is 47.4 Å². The van der Waals surface area contributed by atoms with Crippen LogP contribution in [0.5, 0.6) is 0 Å². The summed E-state index contributed by atoms with van der Waals surface area (Å²) in [5.74, 6) is 1.62. The molecule has 0 spiro atoms. The lowest BCUT2D eigenvalue weighted by Crippen LogP contribution is -2.44. The van der Waals surface area contributed by atoms with E-state index in [4.69, 9.17) is 4.99 Å². The molecule has 5 rings (SSSR count). The van der Waals surface area contributed by atoms with Crippen LogP contribution in [0, 0.1) is 29.6 Å². The van der Waals surface area contributed by atoms with E-state index in [1.165, 1.54) is 10.6 Å². The molecule has 2 saturated heterocycles. The molecule has 2 N–H and O–H groups in total. The summed E-state index contributed by atoms with van der Waals surface area (Å²) in [4.78, 5) is 34.3. The highest BCUT2D eigenvalue weighted by atomic mass is 127. The van der Waals surface area contributed by atoms with Gasteiger partial charge in [0.15, 0.2) is 5.96 Å². The minimum absolute atomic E-state index is 0. The molecule has 0 radical (unpaired) electrons. The van der Waals surface area contributed by atoms with Crippen molar-refractivity contribution in [3.8, 4) is 0 Å². The van der Waals surface area contributed by atoms with Crippen molar-refractivity contribution in [3.63, 3.8) is 0 Å². The number of likely N-dealkylation sites (tertiary alicyclic amines) is 1. The number of allylic oxidation sites excluding steroid dienone is 2. The Labute approximate surface area is 213 Å². The first-order valence-corrected chi connectivity index (χ1v) is 12.0. The number of nitrogens with zero attached hydrogens (tertiary/aromatic N) is 3. The maximum Gasteiger partial charge on any atom is 0.233 e. The highest BCUT2D eigenvalue weighted by molar-refractivity contribution is 14.0. The number of guanidine groups is 1. The maximum atomic E-state index is 12.8. The van der Waals surface area contributed by atoms with Crippen LogP contribution in [0.2, 0.25) is 0 Å². The van der Waals surface area contributed by atoms with Crippen molar-refractivity contribution in [2.45, 2.75) is 19.8 Å². The Morgan fingerprint density at radius 3 is 2.42 bits per heavy atom. The van der Waals surface area contributed by atoms with Gasteiger partial charge in [0.25, 0.3) is 0 Å². The lowest BCUT2D eigenvalue weighted by molar-refractivity contribution is -0.140. The number of benzene rings is 1. The Morgan fingerprint density at radius 1 is 1.06 bits per heavy atom. The van der Waals surface area contributed by atoms with E-state index in [-0.39, 0.29) is 59.5 Å². The van der Waals surface area contributed by atoms with Crippen molar-refractivity contribution in [1.82, 2.24) is 15.5 Å². The van der Waals surface area contributed by atoms with Crippen LogP contribution in [0.15, 0.2) is 47.5 Å². The van der Waals surface area contributed by atoms with Gasteiger partial charge in [0.2, 0.25) is 11.8 Å². The van der Waals surface area contributed by atoms with Crippen molar-refractivity contribution in [2.75, 3.05) is 44.2 Å². The number of halogens is 1. The van der Waals surface area contributed by atoms with Crippen molar-refractivity contribution in [3.05, 3.63) is 42.5 Å². The molecule has 2 aliphatic heterocycles. The Morgan fingerprint density at radius 2 is 1.76 bits per heavy atom. The van der Waals surface area contributed by atoms with Crippen LogP contribution in [0.1, 0.15) is 19.8 Å². The van der Waals surface area contributed by atoms with E-state index in [0.717, 1.165) is 45.0 Å². The van der Waals surface area contributed by atoms with E-state index in [9.17, 15) is 9.59 Å². The number of hydrogen-bond donors (Lipinski definition) is 2. The lowest BCUT2D eigenvalue weighted by atomic mass is 9.85. The zero-order valence-electron chi connectivity index (χ0n) is 19.2. The third kappa shape index (κ3) is 4.76. The fourth-order valence-corrected chi connectivity index (χ4v) is 5.89. The summed E-state index contributed by atoms with van der Waals surface area (Å²) >= 11 is 0. The predicted molar refractivity (Wildman–Crippen MR) is 141 cm³/mol. The Kier molecular flexibility index (Phi) is 7.61. The average Bonchev–Trinajstić information content (AvgIpc) is 3.59. The number of carbonyl (C=O) groups excluding carboxylic acids is 2. The topological polar surface area (TPSA) is 77.0 Å². The molecule has 178 valence electrons. The second kappa shape index (κ2) is 10.4. The van der Waals surface area contributed by atoms with Crippen LogP contribution < -0.4 is 15.5 Å². The summed E-state index contributed by atoms with van der Waals surface area (Å²) in [7, 11) is 0. The number of aliphatic imine (C=N–C) groups is 1. The summed E-state index contributed by atoms with van der Waals surface area (Å²) in [5.41, 5.74) is 1.28. The van der Waals surface area contributed by atoms with Gasteiger partial charge in [-0.25, -0.2) is 0 Å². The molecule has 5 unspecified atom stereocenters. The molecule has 4 aliphatic rings. The van der Waals surface area contributed by atoms with Gasteiger partial charge in [0, 0.05) is 45.0 Å². The van der Waals surface area contributed by atoms with E-state index < -0.39 is 0 Å². The standard InChI is InChI=1S/C25H33N5O2.HI/c1-2-26-25(28-15-17-10-12-29(16-17)20-6-4-3-5-7-20)27-11-13-30-23(31)21-18-8-9-19(14-18)22(21)24(30)32;/h3-9,17-19,21-22H,2,10-16H2,1H3,(H2,26,27,28);1H. The lowest BCUT2D eigenvalue weighted by Gasteiger charge is -2.19. The molecule has 2 amide bonds. The third-order valence-electron chi connectivity index (χ3n) is 7.45. The van der Waals surface area contributed by atoms with Crippen LogP contribution in [-0.2, 0) is 9.59 Å². The molecule has 0 aromatic heterocycles. The normalized spacial score (nSPS) is 30.1. The van der Waals surface area contributed by atoms with E-state index in [0.29, 0.717) is 19.0 Å². The number of hydrogen-bond acceptors (Lipinski definition) is 4. The van der Waals surface area contributed by atoms with E-state index in [1.807, 2.05) is 13.0 Å². The SMILES string of the molecule is CCNC(=NCC1CCN(c2ccccc2)C1)NCCN1C(=O)C2C3C=CC(C3)C2C1=O.I. The zero-order valence-corrected chi connectivity index (χ0v) is 21.5. The number of carbonyl (C=O) groups is 2. The Balaban J connectivity index is 0.00000259. The first-order chi connectivity index (χ1) is 15.7. The number of nitrogens with one attached hydrogen (secondary N) is 2. The van der Waals surface area contributed by atoms with Gasteiger partial charge in [-0.1, -0.05) is 30.4 Å². The molecule has 2 bridgehead atoms. The van der Waals surface area contributed by atoms with E-state index in [2.05, 4.69) is 52.0 Å². The summed E-state index contributed by atoms with van der Waals surface area (Å²) in [5, 5.41) is 6.61. The molecule has 33 heavy (non-hydrogen) atoms. The van der Waals surface area contributed by atoms with Crippen LogP contribution in [0.3, 0.4) is 0 Å². The van der Waals surface area contributed by atoms with Crippen molar-refractivity contribution < 1.29 is 9.59 Å². The smallest absolute Gasteiger partial charge is 0.233 e. The van der Waals surface area contributed by atoms with Gasteiger partial charge in [-0.15, -0.1) is 24.0 Å². The van der Waals surface area contributed by atoms with Gasteiger partial charge in [-0.05, 0) is 49.7 Å². The molecule has 3 fully saturated rings. The number of amides is 2. The molecule has 5 atom stereocenters. The quantitative estimate of drug-likeness (QED) is 0.175. The number of anilines is 1. The summed E-state index contributed by atoms with van der Waals surface area (Å²) in [6.07, 6.45) is 6.38. The molecular weight excluding hydrogens is 529 g/mol. The van der Waals surface area contributed by atoms with Crippen molar-refractivity contribution in [2.24, 2.45) is 34.6 Å². The molecule has 2 heterocycles. The first-order valence-electron chi connectivity index (χ1n) is 12.0. The summed E-state index contributed by atoms with van der Waals surface area (Å²) in [6, 6.07) is 10.5. The molecule has 1 aromatic carbocycles. The van der Waals surface area contributed by atoms with Crippen molar-refractivity contribution in [1.29, 1.82) is 0 Å². The van der Waals surface area contributed by atoms with Gasteiger partial charge in [-0.3, -0.25) is 19.5 Å². The monoisotopic (exact) mass is 563 g/mol. The largest absolute Gasteiger partial charge is 0.371 e. The van der Waals surface area contributed by atoms with Crippen LogP contribution in [-0.4, -0.2) is 61.9 Å². The van der Waals surface area contributed by atoms with Crippen LogP contribution in [0.4, 0.5) is 5.69 Å². The van der Waals surface area contributed by atoms with Gasteiger partial charge in [0.05, 0.1) is 11.8 Å². The van der Waals surface area contributed by atoms with Gasteiger partial charge in [-0.2, -0.15) is 0 Å². The minimum Gasteiger partial charge on any atom is -0.371 e. The molecular formula is C25H34IN5O2. The van der Waals surface area contributed by atoms with Gasteiger partial charge in [0.1, 0.15) is 0 Å². The highest BCUT2D eigenvalue weighted by Crippen LogP contribution is 2.52. The second-order valence-electron chi connectivity index (χ2n) is 9.41. The van der Waals surface area contributed by atoms with Crippen LogP contribution >= 0.6 is 24.0 Å². The Bertz CT molecular complexity index is 891. The second-order valence-corrected chi connectivity index (χ2v) is 9.41. The van der Waals surface area contributed by atoms with Gasteiger partial charge >= 0.3 is 0 Å². The molecule has 2 aliphatic carbocycles. The summed E-state index contributed by atoms with van der Waals surface area (Å²) < 4.78 is 0. The fourth-order valence-electron chi connectivity index (χ4n) is 5.89.